The summed E-state index contributed by atoms with van der Waals surface area (Å²) in [5.41, 5.74) is 7.34. The third-order valence-electron chi connectivity index (χ3n) is 14.1. The van der Waals surface area contributed by atoms with E-state index in [0.717, 1.165) is 10.9 Å². The van der Waals surface area contributed by atoms with Gasteiger partial charge in [0.2, 0.25) is 41.4 Å². The van der Waals surface area contributed by atoms with Crippen molar-refractivity contribution in [1.29, 1.82) is 5.41 Å². The summed E-state index contributed by atoms with van der Waals surface area (Å²) in [6.07, 6.45) is 2.30. The monoisotopic (exact) mass is 1110 g/mol. The maximum absolute atomic E-state index is 14.4. The Morgan fingerprint density at radius 1 is 0.613 bits per heavy atom. The van der Waals surface area contributed by atoms with E-state index in [1.165, 1.54) is 20.9 Å². The first-order chi connectivity index (χ1) is 38.1. The number of benzene rings is 2. The molecule has 12 N–H and O–H groups in total. The Labute approximate surface area is 464 Å². The molecule has 26 heteroatoms. The minimum absolute atomic E-state index is 0.0298. The highest BCUT2D eigenvalue weighted by atomic mass is 16.4. The molecular formula is C54H78N14O12. The molecular weight excluding hydrogens is 1040 g/mol. The number of ketones is 1. The highest BCUT2D eigenvalue weighted by Gasteiger charge is 2.33. The van der Waals surface area contributed by atoms with E-state index in [2.05, 4.69) is 36.9 Å². The first kappa shape index (κ1) is 63.2. The van der Waals surface area contributed by atoms with Crippen LogP contribution in [-0.2, 0) is 60.8 Å². The van der Waals surface area contributed by atoms with Gasteiger partial charge in [0.1, 0.15) is 18.1 Å². The number of carboxylic acid groups (broad SMARTS) is 2. The average molecular weight is 1120 g/mol. The van der Waals surface area contributed by atoms with E-state index in [1.54, 1.807) is 51.2 Å². The number of fused-ring (bicyclic) bond motifs is 1. The smallest absolute Gasteiger partial charge is 0.317 e. The number of aliphatic carboxylic acids is 2. The molecule has 1 aromatic heterocycles. The van der Waals surface area contributed by atoms with Gasteiger partial charge < -0.3 is 58.2 Å². The quantitative estimate of drug-likeness (QED) is 0.0352. The molecule has 2 saturated heterocycles. The molecule has 2 fully saturated rings. The van der Waals surface area contributed by atoms with Crippen molar-refractivity contribution in [3.63, 3.8) is 0 Å². The number of nitrogens with two attached hydrogens (primary N) is 1. The van der Waals surface area contributed by atoms with Crippen molar-refractivity contribution in [2.24, 2.45) is 5.73 Å². The highest BCUT2D eigenvalue weighted by Crippen LogP contribution is 2.20. The van der Waals surface area contributed by atoms with Crippen LogP contribution >= 0.6 is 0 Å². The maximum atomic E-state index is 14.4. The lowest BCUT2D eigenvalue weighted by atomic mass is 10.0. The molecule has 26 nitrogen and oxygen atoms in total. The van der Waals surface area contributed by atoms with Gasteiger partial charge in [-0.15, -0.1) is 0 Å². The highest BCUT2D eigenvalue weighted by molar-refractivity contribution is 6.39. The zero-order valence-electron chi connectivity index (χ0n) is 45.8. The number of carbonyl (C=O) groups is 10. The number of nitrogens with zero attached hydrogens (tertiary/aromatic N) is 5. The second-order valence-electron chi connectivity index (χ2n) is 20.4. The van der Waals surface area contributed by atoms with Crippen LogP contribution in [0.5, 0.6) is 0 Å². The number of primary amides is 1. The average Bonchev–Trinajstić information content (AvgIpc) is 3.86. The van der Waals surface area contributed by atoms with Gasteiger partial charge >= 0.3 is 11.9 Å². The standard InChI is InChI=1S/C54H78N14O12/c1-35(55)51(77)36(2)59-53(79)44(28-38-29-58-41-12-8-7-11-40(38)41)63-52(78)42(13-14-46(70)57-3)62-54(80)43(27-37-9-5-4-6-10-37)61-48(72)32-64-17-15-39(16-18-64)60-47(71)31-66-21-25-67(33-49(73)74)23-19-65(30-45(56)69)20-24-68(26-22-66)34-50(75)76/h4-12,29,36,39,42-44,55,58H,13-28,30-34H2,1-3H3,(H2,56,69)(H,57,70)(H,59,79)(H,60,71)(H,61,72)(H,62,80)(H,63,78)(H,73,74)(H,75,76). The SMILES string of the molecule is CNC(=O)CCC(NC(=O)C(Cc1ccccc1)NC(=O)CN1CCC(NC(=O)CN2CCN(CC(=O)O)CCN(CC(N)=O)CCN(CC(=O)O)CC2)CC1)C(=O)NC(Cc1c[nH]c2ccccc12)C(=O)NC(C)C(=O)C(C)=N. The summed E-state index contributed by atoms with van der Waals surface area (Å²) in [6.45, 7) is 5.28. The Bertz CT molecular complexity index is 2610. The van der Waals surface area contributed by atoms with Crippen LogP contribution in [0.25, 0.3) is 10.9 Å². The molecule has 4 atom stereocenters. The molecule has 436 valence electrons. The lowest BCUT2D eigenvalue weighted by molar-refractivity contribution is -0.139. The van der Waals surface area contributed by atoms with Gasteiger partial charge in [0.05, 0.1) is 44.5 Å². The van der Waals surface area contributed by atoms with Crippen molar-refractivity contribution in [1.82, 2.24) is 61.4 Å². The Hall–Kier alpha value is -7.65. The van der Waals surface area contributed by atoms with Crippen molar-refractivity contribution < 1.29 is 58.2 Å². The minimum Gasteiger partial charge on any atom is -0.480 e. The van der Waals surface area contributed by atoms with Gasteiger partial charge in [-0.25, -0.2) is 0 Å². The van der Waals surface area contributed by atoms with Crippen LogP contribution < -0.4 is 37.6 Å². The number of Topliss-reactive ketones (excluding diaryl/α,β-unsaturated/α-hetero) is 1. The number of likely N-dealkylation sites (tertiary alicyclic amines) is 1. The van der Waals surface area contributed by atoms with Gasteiger partial charge in [0.15, 0.2) is 5.78 Å². The van der Waals surface area contributed by atoms with Crippen molar-refractivity contribution >= 4 is 75.7 Å². The topological polar surface area (TPSA) is 365 Å². The van der Waals surface area contributed by atoms with Crippen molar-refractivity contribution in [3.8, 4) is 0 Å². The molecule has 80 heavy (non-hydrogen) atoms. The molecule has 0 bridgehead atoms. The van der Waals surface area contributed by atoms with Crippen LogP contribution in [0.3, 0.4) is 0 Å². The summed E-state index contributed by atoms with van der Waals surface area (Å²) in [7, 11) is 1.43. The number of para-hydroxylation sites is 1. The van der Waals surface area contributed by atoms with Gasteiger partial charge in [-0.2, -0.15) is 0 Å². The number of H-pyrrole nitrogens is 1. The summed E-state index contributed by atoms with van der Waals surface area (Å²) >= 11 is 0. The summed E-state index contributed by atoms with van der Waals surface area (Å²) in [6, 6.07) is 11.1. The molecule has 3 aromatic rings. The summed E-state index contributed by atoms with van der Waals surface area (Å²) < 4.78 is 0. The second-order valence-corrected chi connectivity index (χ2v) is 20.4. The van der Waals surface area contributed by atoms with Crippen LogP contribution in [0.15, 0.2) is 60.8 Å². The number of aromatic nitrogens is 1. The zero-order valence-corrected chi connectivity index (χ0v) is 45.8. The Morgan fingerprint density at radius 3 is 1.66 bits per heavy atom. The van der Waals surface area contributed by atoms with Gasteiger partial charge in [-0.05, 0) is 50.3 Å². The van der Waals surface area contributed by atoms with E-state index in [9.17, 15) is 58.2 Å². The van der Waals surface area contributed by atoms with E-state index >= 15 is 0 Å². The summed E-state index contributed by atoms with van der Waals surface area (Å²) in [4.78, 5) is 143. The third-order valence-corrected chi connectivity index (χ3v) is 14.1. The molecule has 7 amide bonds. The maximum Gasteiger partial charge on any atom is 0.317 e. The van der Waals surface area contributed by atoms with E-state index in [0.29, 0.717) is 76.3 Å². The summed E-state index contributed by atoms with van der Waals surface area (Å²) in [5, 5.41) is 44.3. The first-order valence-electron chi connectivity index (χ1n) is 26.9. The van der Waals surface area contributed by atoms with E-state index < -0.39 is 77.3 Å². The first-order valence-corrected chi connectivity index (χ1v) is 26.9. The fourth-order valence-corrected chi connectivity index (χ4v) is 9.68. The zero-order chi connectivity index (χ0) is 58.3. The number of nitrogens with one attached hydrogen (secondary N) is 8. The van der Waals surface area contributed by atoms with Crippen LogP contribution in [0.2, 0.25) is 0 Å². The predicted molar refractivity (Wildman–Crippen MR) is 295 cm³/mol. The van der Waals surface area contributed by atoms with E-state index in [-0.39, 0.29) is 89.2 Å². The number of hydrogen-bond donors (Lipinski definition) is 11. The largest absolute Gasteiger partial charge is 0.480 e. The third kappa shape index (κ3) is 21.5. The van der Waals surface area contributed by atoms with Gasteiger partial charge in [-0.1, -0.05) is 48.5 Å². The fourth-order valence-electron chi connectivity index (χ4n) is 9.68. The number of rotatable bonds is 27. The summed E-state index contributed by atoms with van der Waals surface area (Å²) in [5.74, 6) is -6.68. The van der Waals surface area contributed by atoms with Gasteiger partial charge in [0, 0.05) is 115 Å². The number of hydrogen-bond acceptors (Lipinski definition) is 16. The number of piperidine rings is 1. The number of amides is 7. The molecule has 3 heterocycles. The Kier molecular flexibility index (Phi) is 25.1. The van der Waals surface area contributed by atoms with Gasteiger partial charge in [-0.3, -0.25) is 72.4 Å². The molecule has 0 radical (unpaired) electrons. The normalized spacial score (nSPS) is 17.2. The number of carboxylic acids is 2. The van der Waals surface area contributed by atoms with E-state index in [1.807, 2.05) is 34.1 Å². The van der Waals surface area contributed by atoms with Crippen LogP contribution in [0, 0.1) is 5.41 Å². The van der Waals surface area contributed by atoms with Crippen LogP contribution in [0.1, 0.15) is 50.7 Å². The molecule has 2 aromatic carbocycles. The van der Waals surface area contributed by atoms with Crippen molar-refractivity contribution in [2.45, 2.75) is 82.6 Å². The van der Waals surface area contributed by atoms with Crippen molar-refractivity contribution in [2.75, 3.05) is 105 Å². The fraction of sp³-hybridized carbons (Fsp3) is 0.537. The van der Waals surface area contributed by atoms with Crippen LogP contribution in [0.4, 0.5) is 0 Å². The molecule has 5 rings (SSSR count). The minimum atomic E-state index is -1.38. The number of aromatic amines is 1. The molecule has 2 aliphatic rings. The van der Waals surface area contributed by atoms with Crippen LogP contribution in [-0.4, -0.2) is 240 Å². The molecule has 0 aliphatic carbocycles. The second kappa shape index (κ2) is 31.8. The van der Waals surface area contributed by atoms with Gasteiger partial charge in [0.25, 0.3) is 0 Å². The molecule has 0 spiro atoms. The van der Waals surface area contributed by atoms with E-state index in [4.69, 9.17) is 11.1 Å². The molecule has 2 aliphatic heterocycles. The van der Waals surface area contributed by atoms with Crippen molar-refractivity contribution in [3.05, 3.63) is 71.9 Å². The molecule has 4 unspecified atom stereocenters. The lowest BCUT2D eigenvalue weighted by Crippen LogP contribution is -2.59. The Balaban J connectivity index is 1.22. The lowest BCUT2D eigenvalue weighted by Gasteiger charge is -2.34. The predicted octanol–water partition coefficient (Wildman–Crippen LogP) is -2.50. The molecule has 0 saturated carbocycles. The number of carbonyl (C=O) groups excluding carboxylic acids is 8. The Morgan fingerprint density at radius 2 is 1.10 bits per heavy atom.